The number of methoxy groups -OCH3 is 1. The quantitative estimate of drug-likeness (QED) is 0.681. The molecule has 19 heavy (non-hydrogen) atoms. The molecule has 1 aromatic rings. The highest BCUT2D eigenvalue weighted by molar-refractivity contribution is 6.39. The number of benzene rings is 1. The number of aliphatic imine (C=N–C) groups is 1. The highest BCUT2D eigenvalue weighted by Crippen LogP contribution is 2.24. The van der Waals surface area contributed by atoms with E-state index in [4.69, 9.17) is 28.9 Å². The van der Waals surface area contributed by atoms with Crippen molar-refractivity contribution in [1.82, 2.24) is 0 Å². The van der Waals surface area contributed by atoms with E-state index in [1.54, 1.807) is 6.07 Å². The van der Waals surface area contributed by atoms with Gasteiger partial charge in [-0.05, 0) is 12.1 Å². The molecule has 5 nitrogen and oxygen atoms in total. The average molecular weight is 303 g/mol. The topological polar surface area (TPSA) is 81.8 Å². The third kappa shape index (κ3) is 4.02. The summed E-state index contributed by atoms with van der Waals surface area (Å²) in [5.74, 6) is -1.99. The van der Waals surface area contributed by atoms with Crippen LogP contribution in [0.25, 0.3) is 0 Å². The molecule has 102 valence electrons. The summed E-state index contributed by atoms with van der Waals surface area (Å²) >= 11 is 11.7. The maximum absolute atomic E-state index is 11.9. The van der Waals surface area contributed by atoms with Gasteiger partial charge in [0.05, 0.1) is 22.7 Å². The SMILES string of the molecule is COC(=O)C(C=NC(=O)c1c(Cl)cccc1Cl)CN. The van der Waals surface area contributed by atoms with Crippen LogP contribution in [0.5, 0.6) is 0 Å². The summed E-state index contributed by atoms with van der Waals surface area (Å²) < 4.78 is 4.52. The van der Waals surface area contributed by atoms with E-state index in [-0.39, 0.29) is 22.2 Å². The molecule has 0 saturated heterocycles. The van der Waals surface area contributed by atoms with Gasteiger partial charge in [-0.15, -0.1) is 0 Å². The van der Waals surface area contributed by atoms with Crippen LogP contribution in [0, 0.1) is 5.92 Å². The molecule has 7 heteroatoms. The maximum atomic E-state index is 11.9. The van der Waals surface area contributed by atoms with Crippen molar-refractivity contribution in [2.75, 3.05) is 13.7 Å². The van der Waals surface area contributed by atoms with Crippen LogP contribution in [-0.2, 0) is 9.53 Å². The molecule has 0 radical (unpaired) electrons. The Balaban J connectivity index is 2.93. The number of carbonyl (C=O) groups is 2. The molecule has 0 aliphatic rings. The molecule has 1 atom stereocenters. The third-order valence-corrected chi connectivity index (χ3v) is 2.94. The number of nitrogens with two attached hydrogens (primary N) is 1. The van der Waals surface area contributed by atoms with Crippen LogP contribution in [0.1, 0.15) is 10.4 Å². The fourth-order valence-corrected chi connectivity index (χ4v) is 1.85. The van der Waals surface area contributed by atoms with Gasteiger partial charge in [0.15, 0.2) is 0 Å². The van der Waals surface area contributed by atoms with Crippen LogP contribution in [0.3, 0.4) is 0 Å². The first-order valence-corrected chi connectivity index (χ1v) is 6.07. The predicted molar refractivity (Wildman–Crippen MR) is 73.8 cm³/mol. The third-order valence-electron chi connectivity index (χ3n) is 2.31. The Hall–Kier alpha value is -1.43. The summed E-state index contributed by atoms with van der Waals surface area (Å²) in [6.07, 6.45) is 1.13. The molecule has 0 spiro atoms. The number of carbonyl (C=O) groups excluding carboxylic acids is 2. The zero-order chi connectivity index (χ0) is 14.4. The molecule has 1 aromatic carbocycles. The van der Waals surface area contributed by atoms with Crippen molar-refractivity contribution in [3.63, 3.8) is 0 Å². The first kappa shape index (κ1) is 15.6. The van der Waals surface area contributed by atoms with Gasteiger partial charge in [-0.1, -0.05) is 29.3 Å². The Bertz CT molecular complexity index is 497. The summed E-state index contributed by atoms with van der Waals surface area (Å²) in [4.78, 5) is 26.8. The highest BCUT2D eigenvalue weighted by atomic mass is 35.5. The standard InChI is InChI=1S/C12H12Cl2N2O3/c1-19-12(18)7(5-15)6-16-11(17)10-8(13)3-2-4-9(10)14/h2-4,6-7H,5,15H2,1H3. The van der Waals surface area contributed by atoms with E-state index >= 15 is 0 Å². The van der Waals surface area contributed by atoms with Gasteiger partial charge in [0.1, 0.15) is 5.92 Å². The van der Waals surface area contributed by atoms with Crippen LogP contribution in [0.2, 0.25) is 10.0 Å². The van der Waals surface area contributed by atoms with E-state index in [1.165, 1.54) is 19.2 Å². The second-order valence-electron chi connectivity index (χ2n) is 3.55. The Kier molecular flexibility index (Phi) is 5.95. The molecule has 0 heterocycles. The average Bonchev–Trinajstić information content (AvgIpc) is 2.38. The summed E-state index contributed by atoms with van der Waals surface area (Å²) in [5, 5.41) is 0.383. The van der Waals surface area contributed by atoms with E-state index in [0.717, 1.165) is 6.21 Å². The second-order valence-corrected chi connectivity index (χ2v) is 4.36. The number of rotatable bonds is 4. The first-order valence-electron chi connectivity index (χ1n) is 5.31. The van der Waals surface area contributed by atoms with Crippen molar-refractivity contribution < 1.29 is 14.3 Å². The zero-order valence-electron chi connectivity index (χ0n) is 10.1. The summed E-state index contributed by atoms with van der Waals surface area (Å²) in [7, 11) is 1.23. The van der Waals surface area contributed by atoms with Crippen molar-refractivity contribution >= 4 is 41.3 Å². The summed E-state index contributed by atoms with van der Waals surface area (Å²) in [6.45, 7) is -0.0142. The van der Waals surface area contributed by atoms with Crippen molar-refractivity contribution in [1.29, 1.82) is 0 Å². The Morgan fingerprint density at radius 3 is 2.47 bits per heavy atom. The van der Waals surface area contributed by atoms with E-state index in [9.17, 15) is 9.59 Å². The van der Waals surface area contributed by atoms with Gasteiger partial charge in [0.25, 0.3) is 5.91 Å². The number of halogens is 2. The number of hydrogen-bond donors (Lipinski definition) is 1. The summed E-state index contributed by atoms with van der Waals surface area (Å²) in [5.41, 5.74) is 5.46. The van der Waals surface area contributed by atoms with Crippen molar-refractivity contribution in [3.8, 4) is 0 Å². The Morgan fingerprint density at radius 1 is 1.42 bits per heavy atom. The number of amides is 1. The molecule has 0 aromatic heterocycles. The highest BCUT2D eigenvalue weighted by Gasteiger charge is 2.17. The molecule has 0 aliphatic heterocycles. The van der Waals surface area contributed by atoms with Gasteiger partial charge < -0.3 is 10.5 Å². The first-order chi connectivity index (χ1) is 9.01. The predicted octanol–water partition coefficient (Wildman–Crippen LogP) is 1.95. The Morgan fingerprint density at radius 2 is 2.00 bits per heavy atom. The van der Waals surface area contributed by atoms with E-state index in [0.29, 0.717) is 0 Å². The van der Waals surface area contributed by atoms with Crippen LogP contribution in [0.15, 0.2) is 23.2 Å². The molecule has 0 aliphatic carbocycles. The van der Waals surface area contributed by atoms with Gasteiger partial charge in [-0.2, -0.15) is 0 Å². The number of esters is 1. The lowest BCUT2D eigenvalue weighted by Gasteiger charge is -2.06. The van der Waals surface area contributed by atoms with Gasteiger partial charge >= 0.3 is 5.97 Å². The smallest absolute Gasteiger partial charge is 0.315 e. The molecule has 1 rings (SSSR count). The van der Waals surface area contributed by atoms with E-state index in [1.807, 2.05) is 0 Å². The molecule has 1 amide bonds. The zero-order valence-corrected chi connectivity index (χ0v) is 11.6. The molecule has 1 unspecified atom stereocenters. The summed E-state index contributed by atoms with van der Waals surface area (Å²) in [6, 6.07) is 4.66. The second kappa shape index (κ2) is 7.23. The number of nitrogens with zero attached hydrogens (tertiary/aromatic N) is 1. The van der Waals surface area contributed by atoms with Gasteiger partial charge in [0.2, 0.25) is 0 Å². The monoisotopic (exact) mass is 302 g/mol. The van der Waals surface area contributed by atoms with Crippen molar-refractivity contribution in [3.05, 3.63) is 33.8 Å². The van der Waals surface area contributed by atoms with Crippen LogP contribution < -0.4 is 5.73 Å². The molecular weight excluding hydrogens is 291 g/mol. The normalized spacial score (nSPS) is 12.4. The van der Waals surface area contributed by atoms with Gasteiger partial charge in [0, 0.05) is 12.8 Å². The van der Waals surface area contributed by atoms with Crippen molar-refractivity contribution in [2.24, 2.45) is 16.6 Å². The molecule has 0 saturated carbocycles. The minimum absolute atomic E-state index is 0.0142. The minimum atomic E-state index is -0.782. The fourth-order valence-electron chi connectivity index (χ4n) is 1.29. The molecule has 0 fully saturated rings. The number of ether oxygens (including phenoxy) is 1. The fraction of sp³-hybridized carbons (Fsp3) is 0.250. The molecule has 2 N–H and O–H groups in total. The minimum Gasteiger partial charge on any atom is -0.468 e. The number of hydrogen-bond acceptors (Lipinski definition) is 4. The van der Waals surface area contributed by atoms with E-state index < -0.39 is 17.8 Å². The maximum Gasteiger partial charge on any atom is 0.315 e. The largest absolute Gasteiger partial charge is 0.468 e. The molecular formula is C12H12Cl2N2O3. The van der Waals surface area contributed by atoms with Gasteiger partial charge in [-0.3, -0.25) is 9.59 Å². The lowest BCUT2D eigenvalue weighted by Crippen LogP contribution is -2.26. The lowest BCUT2D eigenvalue weighted by atomic mass is 10.1. The van der Waals surface area contributed by atoms with Crippen LogP contribution in [0.4, 0.5) is 0 Å². The van der Waals surface area contributed by atoms with Crippen LogP contribution in [-0.4, -0.2) is 31.7 Å². The van der Waals surface area contributed by atoms with Gasteiger partial charge in [-0.25, -0.2) is 4.99 Å². The van der Waals surface area contributed by atoms with Crippen molar-refractivity contribution in [2.45, 2.75) is 0 Å². The Labute approximate surface area is 120 Å². The molecule has 0 bridgehead atoms. The van der Waals surface area contributed by atoms with Crippen LogP contribution >= 0.6 is 23.2 Å². The lowest BCUT2D eigenvalue weighted by molar-refractivity contribution is -0.142. The van der Waals surface area contributed by atoms with E-state index in [2.05, 4.69) is 9.73 Å².